The van der Waals surface area contributed by atoms with Crippen molar-refractivity contribution in [2.24, 2.45) is 0 Å². The molecular weight excluding hydrogens is 248 g/mol. The van der Waals surface area contributed by atoms with E-state index in [1.807, 2.05) is 18.7 Å². The molecular formula is C10H19ClN2O2S. The molecule has 2 fully saturated rings. The molecule has 0 saturated carbocycles. The van der Waals surface area contributed by atoms with E-state index in [0.717, 1.165) is 18.2 Å². The Morgan fingerprint density at radius 1 is 1.56 bits per heavy atom. The number of carbonyl (C=O) groups excluding carboxylic acids is 1. The zero-order chi connectivity index (χ0) is 10.9. The fourth-order valence-corrected chi connectivity index (χ4v) is 2.91. The van der Waals surface area contributed by atoms with Crippen LogP contribution in [0.1, 0.15) is 13.8 Å². The van der Waals surface area contributed by atoms with Crippen molar-refractivity contribution in [2.45, 2.75) is 25.5 Å². The predicted octanol–water partition coefficient (Wildman–Crippen LogP) is 0.708. The van der Waals surface area contributed by atoms with Gasteiger partial charge in [-0.05, 0) is 13.8 Å². The summed E-state index contributed by atoms with van der Waals surface area (Å²) in [5.74, 6) is 2.03. The van der Waals surface area contributed by atoms with Gasteiger partial charge in [0.2, 0.25) is 5.91 Å². The summed E-state index contributed by atoms with van der Waals surface area (Å²) in [7, 11) is 0. The van der Waals surface area contributed by atoms with Gasteiger partial charge in [0.1, 0.15) is 0 Å². The highest BCUT2D eigenvalue weighted by atomic mass is 35.5. The van der Waals surface area contributed by atoms with Gasteiger partial charge in [0.25, 0.3) is 0 Å². The molecule has 0 aromatic carbocycles. The molecule has 0 radical (unpaired) electrons. The predicted molar refractivity (Wildman–Crippen MR) is 68.1 cm³/mol. The molecule has 1 unspecified atom stereocenters. The molecule has 2 aliphatic rings. The van der Waals surface area contributed by atoms with Gasteiger partial charge in [0, 0.05) is 24.7 Å². The van der Waals surface area contributed by atoms with Crippen LogP contribution in [0.4, 0.5) is 0 Å². The standard InChI is InChI=1S/C10H18N2O2S.ClH/c1-10(2)6-12(3-4-14-10)9(13)8-5-15-7-11-8;/h8,11H,3-7H2,1-2H3;1H. The van der Waals surface area contributed by atoms with Crippen LogP contribution in [0.15, 0.2) is 0 Å². The third-order valence-corrected chi connectivity index (χ3v) is 3.69. The molecule has 0 aromatic heterocycles. The molecule has 4 nitrogen and oxygen atoms in total. The van der Waals surface area contributed by atoms with Crippen LogP contribution >= 0.6 is 24.2 Å². The molecule has 2 heterocycles. The molecule has 94 valence electrons. The summed E-state index contributed by atoms with van der Waals surface area (Å²) < 4.78 is 5.59. The number of morpholine rings is 1. The molecule has 1 amide bonds. The number of thioether (sulfide) groups is 1. The van der Waals surface area contributed by atoms with E-state index in [2.05, 4.69) is 5.32 Å². The fraction of sp³-hybridized carbons (Fsp3) is 0.900. The second kappa shape index (κ2) is 5.58. The minimum atomic E-state index is -0.195. The van der Waals surface area contributed by atoms with Crippen molar-refractivity contribution in [3.63, 3.8) is 0 Å². The number of hydrogen-bond acceptors (Lipinski definition) is 4. The van der Waals surface area contributed by atoms with E-state index in [0.29, 0.717) is 13.2 Å². The third-order valence-electron chi connectivity index (χ3n) is 2.75. The molecule has 0 aromatic rings. The quantitative estimate of drug-likeness (QED) is 0.759. The smallest absolute Gasteiger partial charge is 0.240 e. The van der Waals surface area contributed by atoms with E-state index in [1.54, 1.807) is 11.8 Å². The van der Waals surface area contributed by atoms with Crippen LogP contribution < -0.4 is 5.32 Å². The topological polar surface area (TPSA) is 41.6 Å². The van der Waals surface area contributed by atoms with Gasteiger partial charge in [0.05, 0.1) is 18.2 Å². The van der Waals surface area contributed by atoms with E-state index in [-0.39, 0.29) is 30.0 Å². The summed E-state index contributed by atoms with van der Waals surface area (Å²) in [5.41, 5.74) is -0.195. The number of nitrogens with zero attached hydrogens (tertiary/aromatic N) is 1. The summed E-state index contributed by atoms with van der Waals surface area (Å²) in [4.78, 5) is 14.0. The zero-order valence-electron chi connectivity index (χ0n) is 9.69. The molecule has 1 N–H and O–H groups in total. The molecule has 0 spiro atoms. The molecule has 6 heteroatoms. The molecule has 0 aliphatic carbocycles. The molecule has 16 heavy (non-hydrogen) atoms. The lowest BCUT2D eigenvalue weighted by atomic mass is 10.1. The van der Waals surface area contributed by atoms with Crippen molar-refractivity contribution in [3.05, 3.63) is 0 Å². The van der Waals surface area contributed by atoms with Crippen molar-refractivity contribution in [2.75, 3.05) is 31.3 Å². The Labute approximate surface area is 107 Å². The number of hydrogen-bond donors (Lipinski definition) is 1. The summed E-state index contributed by atoms with van der Waals surface area (Å²) in [5, 5.41) is 3.21. The van der Waals surface area contributed by atoms with Gasteiger partial charge in [-0.2, -0.15) is 0 Å². The first-order valence-corrected chi connectivity index (χ1v) is 6.48. The molecule has 2 rings (SSSR count). The molecule has 0 bridgehead atoms. The van der Waals surface area contributed by atoms with Gasteiger partial charge in [-0.3, -0.25) is 10.1 Å². The number of rotatable bonds is 1. The van der Waals surface area contributed by atoms with Crippen molar-refractivity contribution in [3.8, 4) is 0 Å². The Hall–Kier alpha value is 0.0300. The fourth-order valence-electron chi connectivity index (χ4n) is 1.98. The first-order valence-electron chi connectivity index (χ1n) is 5.32. The van der Waals surface area contributed by atoms with Crippen LogP contribution in [0.5, 0.6) is 0 Å². The largest absolute Gasteiger partial charge is 0.372 e. The first-order chi connectivity index (χ1) is 7.08. The highest BCUT2D eigenvalue weighted by molar-refractivity contribution is 7.99. The van der Waals surface area contributed by atoms with Crippen LogP contribution in [0.2, 0.25) is 0 Å². The highest BCUT2D eigenvalue weighted by Crippen LogP contribution is 2.19. The van der Waals surface area contributed by atoms with Crippen molar-refractivity contribution in [1.82, 2.24) is 10.2 Å². The van der Waals surface area contributed by atoms with Crippen molar-refractivity contribution >= 4 is 30.1 Å². The maximum Gasteiger partial charge on any atom is 0.240 e. The summed E-state index contributed by atoms with van der Waals surface area (Å²) >= 11 is 1.78. The number of nitrogens with one attached hydrogen (secondary N) is 1. The van der Waals surface area contributed by atoms with Crippen LogP contribution in [-0.4, -0.2) is 53.8 Å². The summed E-state index contributed by atoms with van der Waals surface area (Å²) in [6.07, 6.45) is 0. The molecule has 2 saturated heterocycles. The average molecular weight is 267 g/mol. The second-order valence-corrected chi connectivity index (χ2v) is 5.67. The first kappa shape index (κ1) is 14.1. The number of amides is 1. The van der Waals surface area contributed by atoms with Gasteiger partial charge in [-0.1, -0.05) is 0 Å². The Balaban J connectivity index is 0.00000128. The Morgan fingerprint density at radius 3 is 2.88 bits per heavy atom. The highest BCUT2D eigenvalue weighted by Gasteiger charge is 2.34. The maximum atomic E-state index is 12.1. The van der Waals surface area contributed by atoms with Gasteiger partial charge in [-0.25, -0.2) is 0 Å². The third kappa shape index (κ3) is 3.26. The number of carbonyl (C=O) groups is 1. The van der Waals surface area contributed by atoms with Gasteiger partial charge < -0.3 is 9.64 Å². The van der Waals surface area contributed by atoms with Crippen LogP contribution in [0.3, 0.4) is 0 Å². The number of halogens is 1. The lowest BCUT2D eigenvalue weighted by Crippen LogP contribution is -2.55. The Kier molecular flexibility index (Phi) is 4.91. The van der Waals surface area contributed by atoms with E-state index in [9.17, 15) is 4.79 Å². The van der Waals surface area contributed by atoms with Crippen molar-refractivity contribution in [1.29, 1.82) is 0 Å². The van der Waals surface area contributed by atoms with E-state index in [4.69, 9.17) is 4.74 Å². The minimum Gasteiger partial charge on any atom is -0.372 e. The summed E-state index contributed by atoms with van der Waals surface area (Å²) in [6.45, 7) is 6.14. The zero-order valence-corrected chi connectivity index (χ0v) is 11.3. The van der Waals surface area contributed by atoms with Gasteiger partial charge in [-0.15, -0.1) is 24.2 Å². The normalized spacial score (nSPS) is 28.6. The molecule has 2 aliphatic heterocycles. The number of ether oxygens (including phenoxy) is 1. The van der Waals surface area contributed by atoms with Crippen molar-refractivity contribution < 1.29 is 9.53 Å². The maximum absolute atomic E-state index is 12.1. The average Bonchev–Trinajstić information content (AvgIpc) is 2.67. The lowest BCUT2D eigenvalue weighted by molar-refractivity contribution is -0.147. The van der Waals surface area contributed by atoms with Gasteiger partial charge >= 0.3 is 0 Å². The lowest BCUT2D eigenvalue weighted by Gasteiger charge is -2.39. The van der Waals surface area contributed by atoms with Crippen LogP contribution in [0, 0.1) is 0 Å². The monoisotopic (exact) mass is 266 g/mol. The van der Waals surface area contributed by atoms with E-state index >= 15 is 0 Å². The van der Waals surface area contributed by atoms with Gasteiger partial charge in [0.15, 0.2) is 0 Å². The Morgan fingerprint density at radius 2 is 2.31 bits per heavy atom. The molecule has 1 atom stereocenters. The van der Waals surface area contributed by atoms with Crippen LogP contribution in [-0.2, 0) is 9.53 Å². The van der Waals surface area contributed by atoms with Crippen LogP contribution in [0.25, 0.3) is 0 Å². The van der Waals surface area contributed by atoms with E-state index < -0.39 is 0 Å². The Bertz CT molecular complexity index is 257. The minimum absolute atomic E-state index is 0. The SMILES string of the molecule is CC1(C)CN(C(=O)C2CSCN2)CCO1.Cl. The second-order valence-electron chi connectivity index (χ2n) is 4.64. The summed E-state index contributed by atoms with van der Waals surface area (Å²) in [6, 6.07) is 0.0175. The van der Waals surface area contributed by atoms with E-state index in [1.165, 1.54) is 0 Å².